The van der Waals surface area contributed by atoms with Crippen LogP contribution in [0.1, 0.15) is 57.6 Å². The fourth-order valence-electron chi connectivity index (χ4n) is 6.71. The van der Waals surface area contributed by atoms with Gasteiger partial charge in [-0.2, -0.15) is 0 Å². The average molecular weight is 457 g/mol. The van der Waals surface area contributed by atoms with Gasteiger partial charge in [-0.3, -0.25) is 9.59 Å². The van der Waals surface area contributed by atoms with E-state index in [0.29, 0.717) is 37.0 Å². The molecule has 9 heteroatoms. The molecule has 0 saturated heterocycles. The zero-order valence-corrected chi connectivity index (χ0v) is 18.8. The van der Waals surface area contributed by atoms with Gasteiger partial charge in [0.15, 0.2) is 5.60 Å². The number of rotatable bonds is 4. The van der Waals surface area contributed by atoms with Gasteiger partial charge in [-0.1, -0.05) is 18.9 Å². The van der Waals surface area contributed by atoms with Gasteiger partial charge >= 0.3 is 11.9 Å². The number of aryl methyl sites for hydroxylation is 1. The molecule has 0 radical (unpaired) electrons. The second kappa shape index (κ2) is 7.73. The zero-order valence-electron chi connectivity index (χ0n) is 18.8. The average Bonchev–Trinajstić information content (AvgIpc) is 2.99. The molecule has 2 fully saturated rings. The molecule has 6 atom stereocenters. The summed E-state index contributed by atoms with van der Waals surface area (Å²) in [5, 5.41) is 22.7. The molecule has 3 aliphatic rings. The maximum absolute atomic E-state index is 12.1. The Morgan fingerprint density at radius 3 is 2.58 bits per heavy atom. The van der Waals surface area contributed by atoms with Gasteiger partial charge in [0, 0.05) is 19.3 Å². The molecule has 0 aromatic heterocycles. The molecule has 33 heavy (non-hydrogen) atoms. The maximum atomic E-state index is 12.1. The number of fused-ring (bicyclic) bond motifs is 5. The lowest BCUT2D eigenvalue weighted by molar-refractivity contribution is -0.775. The second-order valence-electron chi connectivity index (χ2n) is 9.53. The standard InChI is InChI=1S/C24H27NO8/c1-5-23(32-15(3)27)11-10-19-20-8-6-16-12-17(31-14(2)26)7-9-18(16)24(20,28)21(33-25(29)30)13-22(19,23)4/h1,7,9,12,19-21,28H,6,8,10-11,13H2,2-4H3/t19-,20+,21-,22+,23+,24+/m1/s1. The number of benzene rings is 1. The Balaban J connectivity index is 1.83. The number of hydrogen-bond donors (Lipinski definition) is 1. The highest BCUT2D eigenvalue weighted by molar-refractivity contribution is 5.69. The molecule has 3 aliphatic carbocycles. The minimum absolute atomic E-state index is 0.0360. The van der Waals surface area contributed by atoms with Crippen molar-refractivity contribution in [1.82, 2.24) is 0 Å². The SMILES string of the molecule is C#C[C@]1(OC(C)=O)CC[C@@H]2[C@@H]3CCc4cc(OC(C)=O)ccc4[C@@]3(O)[C@H](O[N+](=O)[O-])C[C@@]21C. The Morgan fingerprint density at radius 1 is 1.24 bits per heavy atom. The summed E-state index contributed by atoms with van der Waals surface area (Å²) in [4.78, 5) is 39.8. The van der Waals surface area contributed by atoms with Gasteiger partial charge in [-0.25, -0.2) is 0 Å². The van der Waals surface area contributed by atoms with E-state index >= 15 is 0 Å². The Hall–Kier alpha value is -3.12. The summed E-state index contributed by atoms with van der Waals surface area (Å²) >= 11 is 0. The van der Waals surface area contributed by atoms with E-state index in [4.69, 9.17) is 20.7 Å². The van der Waals surface area contributed by atoms with Gasteiger partial charge < -0.3 is 19.4 Å². The Bertz CT molecular complexity index is 1060. The van der Waals surface area contributed by atoms with Crippen LogP contribution in [0.2, 0.25) is 0 Å². The monoisotopic (exact) mass is 457 g/mol. The first-order chi connectivity index (χ1) is 15.5. The number of aliphatic hydroxyl groups is 1. The van der Waals surface area contributed by atoms with E-state index in [1.54, 1.807) is 18.2 Å². The maximum Gasteiger partial charge on any atom is 0.308 e. The largest absolute Gasteiger partial charge is 0.445 e. The third-order valence-corrected chi connectivity index (χ3v) is 7.96. The molecule has 1 aromatic rings. The third kappa shape index (κ3) is 3.35. The second-order valence-corrected chi connectivity index (χ2v) is 9.53. The van der Waals surface area contributed by atoms with Crippen LogP contribution in [0, 0.1) is 39.7 Å². The van der Waals surface area contributed by atoms with E-state index in [9.17, 15) is 24.8 Å². The summed E-state index contributed by atoms with van der Waals surface area (Å²) in [6, 6.07) is 4.90. The van der Waals surface area contributed by atoms with Crippen molar-refractivity contribution in [2.45, 2.75) is 70.2 Å². The predicted octanol–water partition coefficient (Wildman–Crippen LogP) is 2.69. The molecule has 0 spiro atoms. The molecular weight excluding hydrogens is 430 g/mol. The van der Waals surface area contributed by atoms with Gasteiger partial charge in [0.2, 0.25) is 0 Å². The van der Waals surface area contributed by atoms with Crippen molar-refractivity contribution in [2.24, 2.45) is 17.3 Å². The minimum Gasteiger partial charge on any atom is -0.445 e. The first kappa shape index (κ1) is 23.1. The lowest BCUT2D eigenvalue weighted by atomic mass is 9.50. The molecule has 9 nitrogen and oxygen atoms in total. The summed E-state index contributed by atoms with van der Waals surface area (Å²) in [5.74, 6) is 1.49. The third-order valence-electron chi connectivity index (χ3n) is 7.96. The molecule has 1 N–H and O–H groups in total. The van der Waals surface area contributed by atoms with E-state index in [0.717, 1.165) is 5.56 Å². The molecule has 176 valence electrons. The summed E-state index contributed by atoms with van der Waals surface area (Å²) in [7, 11) is 0. The van der Waals surface area contributed by atoms with Gasteiger partial charge in [0.05, 0.1) is 0 Å². The molecule has 0 heterocycles. The zero-order chi connectivity index (χ0) is 24.2. The molecule has 1 aromatic carbocycles. The lowest BCUT2D eigenvalue weighted by Crippen LogP contribution is -2.64. The van der Waals surface area contributed by atoms with E-state index in [1.807, 2.05) is 6.92 Å². The number of esters is 2. The lowest BCUT2D eigenvalue weighted by Gasteiger charge is -2.58. The van der Waals surface area contributed by atoms with Gasteiger partial charge in [-0.05, 0) is 67.2 Å². The van der Waals surface area contributed by atoms with Gasteiger partial charge in [0.1, 0.15) is 17.5 Å². The molecule has 0 aliphatic heterocycles. The van der Waals surface area contributed by atoms with Crippen LogP contribution >= 0.6 is 0 Å². The minimum atomic E-state index is -1.65. The van der Waals surface area contributed by atoms with Crippen LogP contribution < -0.4 is 4.74 Å². The van der Waals surface area contributed by atoms with Gasteiger partial charge in [0.25, 0.3) is 5.09 Å². The first-order valence-corrected chi connectivity index (χ1v) is 11.0. The first-order valence-electron chi connectivity index (χ1n) is 11.0. The number of hydrogen-bond acceptors (Lipinski definition) is 8. The number of terminal acetylenes is 1. The van der Waals surface area contributed by atoms with Crippen molar-refractivity contribution >= 4 is 11.9 Å². The van der Waals surface area contributed by atoms with Crippen LogP contribution in [-0.4, -0.2) is 33.8 Å². The quantitative estimate of drug-likeness (QED) is 0.241. The molecule has 0 unspecified atom stereocenters. The number of carbonyl (C=O) groups excluding carboxylic acids is 2. The summed E-state index contributed by atoms with van der Waals surface area (Å²) in [6.45, 7) is 4.47. The van der Waals surface area contributed by atoms with Crippen LogP contribution in [0.4, 0.5) is 0 Å². The normalized spacial score (nSPS) is 36.4. The molecule has 0 amide bonds. The highest BCUT2D eigenvalue weighted by Gasteiger charge is 2.70. The van der Waals surface area contributed by atoms with Crippen molar-refractivity contribution in [1.29, 1.82) is 0 Å². The van der Waals surface area contributed by atoms with E-state index in [2.05, 4.69) is 5.92 Å². The topological polar surface area (TPSA) is 125 Å². The fourth-order valence-corrected chi connectivity index (χ4v) is 6.71. The highest BCUT2D eigenvalue weighted by Crippen LogP contribution is 2.66. The van der Waals surface area contributed by atoms with E-state index < -0.39 is 45.7 Å². The van der Waals surface area contributed by atoms with E-state index in [1.165, 1.54) is 13.8 Å². The van der Waals surface area contributed by atoms with Crippen molar-refractivity contribution in [3.63, 3.8) is 0 Å². The Kier molecular flexibility index (Phi) is 5.40. The van der Waals surface area contributed by atoms with Crippen LogP contribution in [0.25, 0.3) is 0 Å². The molecule has 0 bridgehead atoms. The van der Waals surface area contributed by atoms with Gasteiger partial charge in [-0.15, -0.1) is 16.5 Å². The van der Waals surface area contributed by atoms with Crippen LogP contribution in [0.5, 0.6) is 5.75 Å². The van der Waals surface area contributed by atoms with Crippen molar-refractivity contribution in [3.8, 4) is 18.1 Å². The van der Waals surface area contributed by atoms with E-state index in [-0.39, 0.29) is 12.3 Å². The number of ether oxygens (including phenoxy) is 2. The predicted molar refractivity (Wildman–Crippen MR) is 114 cm³/mol. The molecule has 4 rings (SSSR count). The number of carbonyl (C=O) groups is 2. The molecular formula is C24H27NO8. The smallest absolute Gasteiger partial charge is 0.308 e. The Labute approximate surface area is 191 Å². The van der Waals surface area contributed by atoms with Crippen LogP contribution in [0.3, 0.4) is 0 Å². The van der Waals surface area contributed by atoms with Crippen molar-refractivity contribution < 1.29 is 34.1 Å². The highest BCUT2D eigenvalue weighted by atomic mass is 17.0. The fraction of sp³-hybridized carbons (Fsp3) is 0.583. The van der Waals surface area contributed by atoms with Crippen molar-refractivity contribution in [3.05, 3.63) is 39.4 Å². The summed E-state index contributed by atoms with van der Waals surface area (Å²) < 4.78 is 10.9. The Morgan fingerprint density at radius 2 is 1.97 bits per heavy atom. The van der Waals surface area contributed by atoms with Crippen LogP contribution in [-0.2, 0) is 31.2 Å². The van der Waals surface area contributed by atoms with Crippen LogP contribution in [0.15, 0.2) is 18.2 Å². The summed E-state index contributed by atoms with van der Waals surface area (Å²) in [6.07, 6.45) is 6.80. The molecule has 2 saturated carbocycles. The number of nitrogens with zero attached hydrogens (tertiary/aromatic N) is 1. The van der Waals surface area contributed by atoms with Crippen molar-refractivity contribution in [2.75, 3.05) is 0 Å². The summed E-state index contributed by atoms with van der Waals surface area (Å²) in [5.41, 5.74) is -2.44.